The summed E-state index contributed by atoms with van der Waals surface area (Å²) in [4.78, 5) is 16.7. The van der Waals surface area contributed by atoms with Crippen LogP contribution in [0.5, 0.6) is 0 Å². The zero-order valence-electron chi connectivity index (χ0n) is 14.3. The van der Waals surface area contributed by atoms with Crippen LogP contribution >= 0.6 is 11.8 Å². The predicted molar refractivity (Wildman–Crippen MR) is 93.2 cm³/mol. The van der Waals surface area contributed by atoms with Crippen LogP contribution in [0.4, 0.5) is 0 Å². The van der Waals surface area contributed by atoms with Crippen molar-refractivity contribution in [2.75, 3.05) is 20.3 Å². The molecule has 0 saturated heterocycles. The molecule has 0 aliphatic heterocycles. The van der Waals surface area contributed by atoms with E-state index < -0.39 is 0 Å². The van der Waals surface area contributed by atoms with Gasteiger partial charge >= 0.3 is 0 Å². The van der Waals surface area contributed by atoms with Gasteiger partial charge in [0.1, 0.15) is 10.8 Å². The summed E-state index contributed by atoms with van der Waals surface area (Å²) in [6.07, 6.45) is 3.52. The van der Waals surface area contributed by atoms with Crippen LogP contribution < -0.4 is 5.32 Å². The number of ether oxygens (including phenoxy) is 1. The second-order valence-corrected chi connectivity index (χ2v) is 6.37. The van der Waals surface area contributed by atoms with E-state index in [1.807, 2.05) is 13.8 Å². The summed E-state index contributed by atoms with van der Waals surface area (Å²) in [5.74, 6) is 1.38. The van der Waals surface area contributed by atoms with Crippen LogP contribution in [0.1, 0.15) is 40.2 Å². The molecule has 0 aliphatic carbocycles. The van der Waals surface area contributed by atoms with E-state index >= 15 is 0 Å². The normalized spacial score (nSPS) is 10.8. The number of amides is 1. The summed E-state index contributed by atoms with van der Waals surface area (Å²) >= 11 is 1.52. The number of nitrogens with one attached hydrogen (secondary N) is 1. The fourth-order valence-corrected chi connectivity index (χ4v) is 3.34. The lowest BCUT2D eigenvalue weighted by Gasteiger charge is -2.09. The minimum atomic E-state index is -0.0956. The average Bonchev–Trinajstić information content (AvgIpc) is 2.91. The molecule has 7 heteroatoms. The Bertz CT molecular complexity index is 653. The summed E-state index contributed by atoms with van der Waals surface area (Å²) in [7, 11) is 1.68. The highest BCUT2D eigenvalue weighted by atomic mass is 32.2. The predicted octanol–water partition coefficient (Wildman–Crippen LogP) is 3.14. The number of carbonyl (C=O) groups is 1. The number of methoxy groups -OCH3 is 1. The first-order chi connectivity index (χ1) is 11.6. The molecule has 2 heterocycles. The molecule has 6 nitrogen and oxygen atoms in total. The van der Waals surface area contributed by atoms with Gasteiger partial charge in [-0.2, -0.15) is 0 Å². The van der Waals surface area contributed by atoms with E-state index in [-0.39, 0.29) is 5.91 Å². The smallest absolute Gasteiger partial charge is 0.254 e. The summed E-state index contributed by atoms with van der Waals surface area (Å²) in [6.45, 7) is 5.15. The molecule has 24 heavy (non-hydrogen) atoms. The molecule has 0 fully saturated rings. The van der Waals surface area contributed by atoms with E-state index in [2.05, 4.69) is 15.5 Å². The van der Waals surface area contributed by atoms with Crippen molar-refractivity contribution in [1.82, 2.24) is 15.5 Å². The third-order valence-electron chi connectivity index (χ3n) is 3.61. The summed E-state index contributed by atoms with van der Waals surface area (Å²) in [5.41, 5.74) is 2.53. The number of pyridine rings is 1. The van der Waals surface area contributed by atoms with Gasteiger partial charge in [0.05, 0.1) is 11.3 Å². The highest BCUT2D eigenvalue weighted by Gasteiger charge is 2.15. The van der Waals surface area contributed by atoms with E-state index in [9.17, 15) is 4.79 Å². The SMILES string of the molecule is COCCCCNC(=O)c1cccnc1SCc1c(C)noc1C. The molecule has 0 bridgehead atoms. The molecule has 2 aromatic heterocycles. The van der Waals surface area contributed by atoms with Gasteiger partial charge < -0.3 is 14.6 Å². The van der Waals surface area contributed by atoms with Crippen molar-refractivity contribution in [3.63, 3.8) is 0 Å². The van der Waals surface area contributed by atoms with Crippen LogP contribution in [0.3, 0.4) is 0 Å². The number of carbonyl (C=O) groups excluding carboxylic acids is 1. The van der Waals surface area contributed by atoms with Gasteiger partial charge in [-0.15, -0.1) is 11.8 Å². The van der Waals surface area contributed by atoms with E-state index in [0.717, 1.165) is 29.9 Å². The van der Waals surface area contributed by atoms with Crippen LogP contribution in [0.15, 0.2) is 27.9 Å². The number of hydrogen-bond acceptors (Lipinski definition) is 6. The van der Waals surface area contributed by atoms with E-state index in [4.69, 9.17) is 9.26 Å². The standard InChI is InChI=1S/C17H23N3O3S/c1-12-15(13(2)23-20-12)11-24-17-14(7-6-9-19-17)16(21)18-8-4-5-10-22-3/h6-7,9H,4-5,8,10-11H2,1-3H3,(H,18,21). The van der Waals surface area contributed by atoms with Crippen LogP contribution in [0.25, 0.3) is 0 Å². The van der Waals surface area contributed by atoms with Crippen molar-refractivity contribution in [2.45, 2.75) is 37.5 Å². The zero-order chi connectivity index (χ0) is 17.4. The third kappa shape index (κ3) is 5.07. The Morgan fingerprint density at radius 3 is 2.92 bits per heavy atom. The molecule has 2 rings (SSSR count). The molecule has 130 valence electrons. The van der Waals surface area contributed by atoms with Crippen molar-refractivity contribution >= 4 is 17.7 Å². The molecular weight excluding hydrogens is 326 g/mol. The number of hydrogen-bond donors (Lipinski definition) is 1. The van der Waals surface area contributed by atoms with E-state index in [1.54, 1.807) is 25.4 Å². The van der Waals surface area contributed by atoms with Gasteiger partial charge in [-0.05, 0) is 38.8 Å². The Balaban J connectivity index is 1.95. The number of rotatable bonds is 9. The number of thioether (sulfide) groups is 1. The Morgan fingerprint density at radius 1 is 1.38 bits per heavy atom. The maximum Gasteiger partial charge on any atom is 0.254 e. The molecule has 0 atom stereocenters. The first-order valence-corrected chi connectivity index (χ1v) is 8.88. The van der Waals surface area contributed by atoms with Gasteiger partial charge in [0.15, 0.2) is 0 Å². The number of aromatic nitrogens is 2. The molecular formula is C17H23N3O3S. The van der Waals surface area contributed by atoms with Crippen molar-refractivity contribution in [3.05, 3.63) is 40.9 Å². The number of unbranched alkanes of at least 4 members (excludes halogenated alkanes) is 1. The number of nitrogens with zero attached hydrogens (tertiary/aromatic N) is 2. The lowest BCUT2D eigenvalue weighted by Crippen LogP contribution is -2.25. The van der Waals surface area contributed by atoms with Crippen molar-refractivity contribution < 1.29 is 14.1 Å². The van der Waals surface area contributed by atoms with Crippen LogP contribution in [0.2, 0.25) is 0 Å². The minimum Gasteiger partial charge on any atom is -0.385 e. The molecule has 0 saturated carbocycles. The maximum atomic E-state index is 12.4. The van der Waals surface area contributed by atoms with Gasteiger partial charge in [-0.25, -0.2) is 4.98 Å². The second-order valence-electron chi connectivity index (χ2n) is 5.40. The molecule has 0 aliphatic rings. The average molecular weight is 349 g/mol. The highest BCUT2D eigenvalue weighted by molar-refractivity contribution is 7.98. The fraction of sp³-hybridized carbons (Fsp3) is 0.471. The molecule has 0 radical (unpaired) electrons. The van der Waals surface area contributed by atoms with Gasteiger partial charge in [0, 0.05) is 37.8 Å². The van der Waals surface area contributed by atoms with Crippen LogP contribution in [-0.4, -0.2) is 36.3 Å². The van der Waals surface area contributed by atoms with E-state index in [1.165, 1.54) is 11.8 Å². The lowest BCUT2D eigenvalue weighted by molar-refractivity contribution is 0.0947. The molecule has 2 aromatic rings. The van der Waals surface area contributed by atoms with Crippen LogP contribution in [0, 0.1) is 13.8 Å². The highest BCUT2D eigenvalue weighted by Crippen LogP contribution is 2.27. The molecule has 0 spiro atoms. The van der Waals surface area contributed by atoms with Gasteiger partial charge in [-0.1, -0.05) is 5.16 Å². The van der Waals surface area contributed by atoms with Crippen molar-refractivity contribution in [3.8, 4) is 0 Å². The molecule has 1 amide bonds. The van der Waals surface area contributed by atoms with Gasteiger partial charge in [0.2, 0.25) is 0 Å². The second kappa shape index (κ2) is 9.44. The largest absolute Gasteiger partial charge is 0.385 e. The third-order valence-corrected chi connectivity index (χ3v) is 4.64. The zero-order valence-corrected chi connectivity index (χ0v) is 15.1. The Morgan fingerprint density at radius 2 is 2.21 bits per heavy atom. The number of aryl methyl sites for hydroxylation is 2. The first kappa shape index (κ1) is 18.5. The summed E-state index contributed by atoms with van der Waals surface area (Å²) in [5, 5.41) is 7.60. The molecule has 0 unspecified atom stereocenters. The Kier molecular flexibility index (Phi) is 7.27. The van der Waals surface area contributed by atoms with Crippen molar-refractivity contribution in [2.24, 2.45) is 0 Å². The van der Waals surface area contributed by atoms with Crippen molar-refractivity contribution in [1.29, 1.82) is 0 Å². The minimum absolute atomic E-state index is 0.0956. The Hall–Kier alpha value is -1.86. The quantitative estimate of drug-likeness (QED) is 0.553. The summed E-state index contributed by atoms with van der Waals surface area (Å²) in [6, 6.07) is 3.58. The summed E-state index contributed by atoms with van der Waals surface area (Å²) < 4.78 is 10.2. The fourth-order valence-electron chi connectivity index (χ4n) is 2.20. The van der Waals surface area contributed by atoms with E-state index in [0.29, 0.717) is 29.5 Å². The topological polar surface area (TPSA) is 77.2 Å². The molecule has 0 aromatic carbocycles. The maximum absolute atomic E-state index is 12.4. The van der Waals surface area contributed by atoms with Crippen LogP contribution in [-0.2, 0) is 10.5 Å². The monoisotopic (exact) mass is 349 g/mol. The lowest BCUT2D eigenvalue weighted by atomic mass is 10.2. The van der Waals surface area contributed by atoms with Gasteiger partial charge in [0.25, 0.3) is 5.91 Å². The Labute approximate surface area is 146 Å². The van der Waals surface area contributed by atoms with Gasteiger partial charge in [-0.3, -0.25) is 4.79 Å². The molecule has 1 N–H and O–H groups in total. The first-order valence-electron chi connectivity index (χ1n) is 7.90.